The number of amides is 1. The fourth-order valence-corrected chi connectivity index (χ4v) is 2.26. The lowest BCUT2D eigenvalue weighted by molar-refractivity contribution is -0.131. The van der Waals surface area contributed by atoms with E-state index in [4.69, 9.17) is 0 Å². The van der Waals surface area contributed by atoms with Gasteiger partial charge in [-0.3, -0.25) is 4.79 Å². The van der Waals surface area contributed by atoms with Gasteiger partial charge in [-0.2, -0.15) is 0 Å². The van der Waals surface area contributed by atoms with Crippen molar-refractivity contribution >= 4 is 5.91 Å². The van der Waals surface area contributed by atoms with Gasteiger partial charge in [0.15, 0.2) is 0 Å². The highest BCUT2D eigenvalue weighted by molar-refractivity contribution is 5.80. The molecule has 1 saturated carbocycles. The van der Waals surface area contributed by atoms with Gasteiger partial charge in [0.2, 0.25) is 5.91 Å². The van der Waals surface area contributed by atoms with E-state index >= 15 is 0 Å². The molecule has 1 heterocycles. The van der Waals surface area contributed by atoms with E-state index in [0.29, 0.717) is 17.9 Å². The largest absolute Gasteiger partial charge is 0.344 e. The lowest BCUT2D eigenvalue weighted by atomic mass is 10.2. The van der Waals surface area contributed by atoms with Crippen LogP contribution in [0.4, 0.5) is 0 Å². The van der Waals surface area contributed by atoms with Crippen molar-refractivity contribution in [2.45, 2.75) is 31.7 Å². The number of likely N-dealkylation sites (tertiary alicyclic amines) is 1. The normalized spacial score (nSPS) is 28.0. The number of carbonyl (C=O) groups excluding carboxylic acids is 1. The lowest BCUT2D eigenvalue weighted by Gasteiger charge is -2.25. The summed E-state index contributed by atoms with van der Waals surface area (Å²) in [4.78, 5) is 16.0. The molecule has 2 fully saturated rings. The molecule has 0 spiro atoms. The van der Waals surface area contributed by atoms with E-state index in [9.17, 15) is 4.79 Å². The number of likely N-dealkylation sites (N-methyl/N-ethyl adjacent to an activating group) is 2. The summed E-state index contributed by atoms with van der Waals surface area (Å²) in [7, 11) is 4.11. The Kier molecular flexibility index (Phi) is 2.77. The molecule has 3 heteroatoms. The van der Waals surface area contributed by atoms with Crippen LogP contribution in [-0.4, -0.2) is 48.9 Å². The molecule has 1 saturated heterocycles. The maximum atomic E-state index is 11.7. The second kappa shape index (κ2) is 3.89. The van der Waals surface area contributed by atoms with Gasteiger partial charge < -0.3 is 9.80 Å². The first-order valence-electron chi connectivity index (χ1n) is 5.63. The summed E-state index contributed by atoms with van der Waals surface area (Å²) >= 11 is 0. The SMILES string of the molecule is CN(CC1CCCN1C)C(=O)C1CC1. The molecular weight excluding hydrogens is 176 g/mol. The van der Waals surface area contributed by atoms with E-state index in [-0.39, 0.29) is 0 Å². The molecule has 14 heavy (non-hydrogen) atoms. The van der Waals surface area contributed by atoms with Crippen molar-refractivity contribution in [2.24, 2.45) is 5.92 Å². The summed E-state index contributed by atoms with van der Waals surface area (Å²) in [6.07, 6.45) is 4.76. The Labute approximate surface area is 86.1 Å². The standard InChI is InChI=1S/C11H20N2O/c1-12-7-3-4-10(12)8-13(2)11(14)9-5-6-9/h9-10H,3-8H2,1-2H3. The summed E-state index contributed by atoms with van der Waals surface area (Å²) < 4.78 is 0. The van der Waals surface area contributed by atoms with Crippen molar-refractivity contribution in [3.05, 3.63) is 0 Å². The van der Waals surface area contributed by atoms with Gasteiger partial charge in [-0.25, -0.2) is 0 Å². The molecule has 2 rings (SSSR count). The van der Waals surface area contributed by atoms with Crippen molar-refractivity contribution in [3.63, 3.8) is 0 Å². The predicted molar refractivity (Wildman–Crippen MR) is 56.0 cm³/mol. The van der Waals surface area contributed by atoms with Gasteiger partial charge >= 0.3 is 0 Å². The molecule has 1 aliphatic carbocycles. The molecule has 0 aromatic heterocycles. The van der Waals surface area contributed by atoms with Crippen molar-refractivity contribution in [1.29, 1.82) is 0 Å². The van der Waals surface area contributed by atoms with E-state index in [1.54, 1.807) is 0 Å². The minimum absolute atomic E-state index is 0.366. The van der Waals surface area contributed by atoms with Crippen LogP contribution in [0.15, 0.2) is 0 Å². The highest BCUT2D eigenvalue weighted by atomic mass is 16.2. The molecule has 1 amide bonds. The first-order valence-corrected chi connectivity index (χ1v) is 5.63. The van der Waals surface area contributed by atoms with Crippen LogP contribution < -0.4 is 0 Å². The minimum atomic E-state index is 0.366. The van der Waals surface area contributed by atoms with Crippen LogP contribution in [0.1, 0.15) is 25.7 Å². The van der Waals surface area contributed by atoms with Crippen molar-refractivity contribution in [1.82, 2.24) is 9.80 Å². The fraction of sp³-hybridized carbons (Fsp3) is 0.909. The maximum absolute atomic E-state index is 11.7. The highest BCUT2D eigenvalue weighted by Crippen LogP contribution is 2.31. The summed E-state index contributed by atoms with van der Waals surface area (Å²) in [5, 5.41) is 0. The Bertz CT molecular complexity index is 225. The van der Waals surface area contributed by atoms with Crippen LogP contribution in [0.2, 0.25) is 0 Å². The Hall–Kier alpha value is -0.570. The third-order valence-corrected chi connectivity index (χ3v) is 3.46. The molecule has 80 valence electrons. The first-order chi connectivity index (χ1) is 6.68. The van der Waals surface area contributed by atoms with Gasteiger partial charge in [0.05, 0.1) is 0 Å². The van der Waals surface area contributed by atoms with Gasteiger partial charge in [-0.05, 0) is 39.3 Å². The molecule has 0 radical (unpaired) electrons. The van der Waals surface area contributed by atoms with Gasteiger partial charge in [0.25, 0.3) is 0 Å². The van der Waals surface area contributed by atoms with Gasteiger partial charge in [-0.15, -0.1) is 0 Å². The fourth-order valence-electron chi connectivity index (χ4n) is 2.26. The van der Waals surface area contributed by atoms with Crippen LogP contribution in [0.5, 0.6) is 0 Å². The molecule has 0 aromatic rings. The molecule has 0 bridgehead atoms. The Morgan fingerprint density at radius 1 is 1.43 bits per heavy atom. The molecule has 1 atom stereocenters. The smallest absolute Gasteiger partial charge is 0.225 e. The zero-order valence-corrected chi connectivity index (χ0v) is 9.20. The van der Waals surface area contributed by atoms with E-state index in [0.717, 1.165) is 19.4 Å². The average Bonchev–Trinajstić information content (AvgIpc) is 2.92. The molecule has 1 unspecified atom stereocenters. The number of hydrogen-bond acceptors (Lipinski definition) is 2. The van der Waals surface area contributed by atoms with Crippen LogP contribution in [0.3, 0.4) is 0 Å². The maximum Gasteiger partial charge on any atom is 0.225 e. The monoisotopic (exact) mass is 196 g/mol. The Morgan fingerprint density at radius 2 is 2.14 bits per heavy atom. The topological polar surface area (TPSA) is 23.6 Å². The van der Waals surface area contributed by atoms with Gasteiger partial charge in [0, 0.05) is 25.6 Å². The number of rotatable bonds is 3. The minimum Gasteiger partial charge on any atom is -0.344 e. The van der Waals surface area contributed by atoms with E-state index < -0.39 is 0 Å². The van der Waals surface area contributed by atoms with Crippen LogP contribution in [0.25, 0.3) is 0 Å². The van der Waals surface area contributed by atoms with Crippen molar-refractivity contribution in [3.8, 4) is 0 Å². The zero-order chi connectivity index (χ0) is 10.1. The van der Waals surface area contributed by atoms with E-state index in [1.807, 2.05) is 11.9 Å². The average molecular weight is 196 g/mol. The predicted octanol–water partition coefficient (Wildman–Crippen LogP) is 0.949. The molecule has 0 N–H and O–H groups in total. The summed E-state index contributed by atoms with van der Waals surface area (Å²) in [5.74, 6) is 0.733. The number of hydrogen-bond donors (Lipinski definition) is 0. The van der Waals surface area contributed by atoms with Crippen LogP contribution in [0, 0.1) is 5.92 Å². The van der Waals surface area contributed by atoms with Crippen LogP contribution in [-0.2, 0) is 4.79 Å². The first kappa shape index (κ1) is 9.97. The van der Waals surface area contributed by atoms with Crippen molar-refractivity contribution < 1.29 is 4.79 Å². The second-order valence-electron chi connectivity index (χ2n) is 4.77. The lowest BCUT2D eigenvalue weighted by Crippen LogP contribution is -2.40. The third-order valence-electron chi connectivity index (χ3n) is 3.46. The number of carbonyl (C=O) groups is 1. The quantitative estimate of drug-likeness (QED) is 0.671. The summed E-state index contributed by atoms with van der Waals surface area (Å²) in [6, 6.07) is 0.600. The zero-order valence-electron chi connectivity index (χ0n) is 9.20. The van der Waals surface area contributed by atoms with E-state index in [1.165, 1.54) is 19.4 Å². The summed E-state index contributed by atoms with van der Waals surface area (Å²) in [5.41, 5.74) is 0. The third kappa shape index (κ3) is 2.08. The number of nitrogens with zero attached hydrogens (tertiary/aromatic N) is 2. The Morgan fingerprint density at radius 3 is 2.64 bits per heavy atom. The second-order valence-corrected chi connectivity index (χ2v) is 4.77. The van der Waals surface area contributed by atoms with Gasteiger partial charge in [-0.1, -0.05) is 0 Å². The van der Waals surface area contributed by atoms with Gasteiger partial charge in [0.1, 0.15) is 0 Å². The highest BCUT2D eigenvalue weighted by Gasteiger charge is 2.33. The summed E-state index contributed by atoms with van der Waals surface area (Å²) in [6.45, 7) is 2.11. The van der Waals surface area contributed by atoms with Crippen LogP contribution >= 0.6 is 0 Å². The van der Waals surface area contributed by atoms with E-state index in [2.05, 4.69) is 11.9 Å². The van der Waals surface area contributed by atoms with Crippen molar-refractivity contribution in [2.75, 3.05) is 27.2 Å². The molecule has 3 nitrogen and oxygen atoms in total. The molecular formula is C11H20N2O. The molecule has 0 aromatic carbocycles. The molecule has 1 aliphatic heterocycles. The Balaban J connectivity index is 1.80. The molecule has 2 aliphatic rings.